The lowest BCUT2D eigenvalue weighted by atomic mass is 9.96. The lowest BCUT2D eigenvalue weighted by Crippen LogP contribution is -2.38. The van der Waals surface area contributed by atoms with E-state index in [9.17, 15) is 14.0 Å². The van der Waals surface area contributed by atoms with Gasteiger partial charge >= 0.3 is 5.97 Å². The summed E-state index contributed by atoms with van der Waals surface area (Å²) < 4.78 is 20.3. The summed E-state index contributed by atoms with van der Waals surface area (Å²) in [5.41, 5.74) is 6.05. The average Bonchev–Trinajstić information content (AvgIpc) is 2.95. The van der Waals surface area contributed by atoms with Crippen molar-refractivity contribution in [2.45, 2.75) is 26.3 Å². The van der Waals surface area contributed by atoms with Crippen LogP contribution < -0.4 is 5.73 Å². The standard InChI is InChI=1S/C18H21FN2O3S/c1-2-24-18(23)16-12(15-13(19)4-3-5-14(15)25-16)10-21-8-6-11(7-9-21)17(20)22/h3-5,11H,2,6-10H2,1H3,(H2,20,22). The second-order valence-electron chi connectivity index (χ2n) is 6.20. The summed E-state index contributed by atoms with van der Waals surface area (Å²) in [5.74, 6) is -1.10. The maximum Gasteiger partial charge on any atom is 0.348 e. The molecule has 3 rings (SSSR count). The lowest BCUT2D eigenvalue weighted by molar-refractivity contribution is -0.123. The van der Waals surface area contributed by atoms with Crippen LogP contribution in [0.15, 0.2) is 18.2 Å². The van der Waals surface area contributed by atoms with E-state index in [1.807, 2.05) is 6.07 Å². The van der Waals surface area contributed by atoms with E-state index in [2.05, 4.69) is 4.90 Å². The smallest absolute Gasteiger partial charge is 0.348 e. The van der Waals surface area contributed by atoms with Gasteiger partial charge < -0.3 is 10.5 Å². The molecule has 1 saturated heterocycles. The lowest BCUT2D eigenvalue weighted by Gasteiger charge is -2.30. The first-order valence-corrected chi connectivity index (χ1v) is 9.21. The number of hydrogen-bond donors (Lipinski definition) is 1. The highest BCUT2D eigenvalue weighted by Gasteiger charge is 2.27. The van der Waals surface area contributed by atoms with Crippen LogP contribution in [0.4, 0.5) is 4.39 Å². The molecule has 1 fully saturated rings. The second-order valence-corrected chi connectivity index (χ2v) is 7.25. The van der Waals surface area contributed by atoms with Gasteiger partial charge in [-0.05, 0) is 45.0 Å². The second kappa shape index (κ2) is 7.49. The van der Waals surface area contributed by atoms with Gasteiger partial charge in [0, 0.05) is 28.1 Å². The Labute approximate surface area is 149 Å². The van der Waals surface area contributed by atoms with Gasteiger partial charge in [0.1, 0.15) is 10.7 Å². The van der Waals surface area contributed by atoms with E-state index >= 15 is 0 Å². The number of nitrogens with zero attached hydrogens (tertiary/aromatic N) is 1. The van der Waals surface area contributed by atoms with E-state index in [0.717, 1.165) is 4.70 Å². The predicted molar refractivity (Wildman–Crippen MR) is 94.9 cm³/mol. The summed E-state index contributed by atoms with van der Waals surface area (Å²) in [6, 6.07) is 4.87. The third kappa shape index (κ3) is 3.67. The number of hydrogen-bond acceptors (Lipinski definition) is 5. The Morgan fingerprint density at radius 1 is 1.36 bits per heavy atom. The number of halogens is 1. The molecule has 7 heteroatoms. The SMILES string of the molecule is CCOC(=O)c1sc2cccc(F)c2c1CN1CCC(C(N)=O)CC1. The van der Waals surface area contributed by atoms with Crippen molar-refractivity contribution in [2.24, 2.45) is 11.7 Å². The first-order chi connectivity index (χ1) is 12.0. The molecule has 1 aliphatic heterocycles. The number of likely N-dealkylation sites (tertiary alicyclic amines) is 1. The number of amides is 1. The zero-order valence-electron chi connectivity index (χ0n) is 14.1. The van der Waals surface area contributed by atoms with Crippen LogP contribution in [0, 0.1) is 11.7 Å². The number of nitrogens with two attached hydrogens (primary N) is 1. The Balaban J connectivity index is 1.90. The molecule has 0 atom stereocenters. The van der Waals surface area contributed by atoms with Crippen LogP contribution in [-0.2, 0) is 16.1 Å². The summed E-state index contributed by atoms with van der Waals surface area (Å²) in [6.07, 6.45) is 1.38. The number of fused-ring (bicyclic) bond motifs is 1. The Hall–Kier alpha value is -1.99. The number of thiophene rings is 1. The van der Waals surface area contributed by atoms with E-state index in [1.165, 1.54) is 17.4 Å². The normalized spacial score (nSPS) is 16.2. The monoisotopic (exact) mass is 364 g/mol. The summed E-state index contributed by atoms with van der Waals surface area (Å²) in [5, 5.41) is 0.493. The Morgan fingerprint density at radius 3 is 2.72 bits per heavy atom. The minimum atomic E-state index is -0.412. The molecular weight excluding hydrogens is 343 g/mol. The van der Waals surface area contributed by atoms with Gasteiger partial charge in [0.05, 0.1) is 6.61 Å². The molecule has 134 valence electrons. The average molecular weight is 364 g/mol. The molecule has 0 unspecified atom stereocenters. The van der Waals surface area contributed by atoms with Crippen molar-refractivity contribution >= 4 is 33.3 Å². The van der Waals surface area contributed by atoms with Gasteiger partial charge in [-0.1, -0.05) is 6.07 Å². The first kappa shape index (κ1) is 17.8. The van der Waals surface area contributed by atoms with Crippen LogP contribution in [0.2, 0.25) is 0 Å². The molecule has 0 saturated carbocycles. The highest BCUT2D eigenvalue weighted by molar-refractivity contribution is 7.21. The number of benzene rings is 1. The van der Waals surface area contributed by atoms with E-state index in [-0.39, 0.29) is 24.2 Å². The van der Waals surface area contributed by atoms with Crippen molar-refractivity contribution in [1.82, 2.24) is 4.90 Å². The number of carbonyl (C=O) groups excluding carboxylic acids is 2. The van der Waals surface area contributed by atoms with E-state index in [0.29, 0.717) is 48.3 Å². The van der Waals surface area contributed by atoms with E-state index in [1.54, 1.807) is 13.0 Å². The minimum Gasteiger partial charge on any atom is -0.462 e. The maximum absolute atomic E-state index is 14.4. The van der Waals surface area contributed by atoms with Crippen molar-refractivity contribution in [1.29, 1.82) is 0 Å². The van der Waals surface area contributed by atoms with Crippen molar-refractivity contribution in [3.8, 4) is 0 Å². The minimum absolute atomic E-state index is 0.100. The van der Waals surface area contributed by atoms with Crippen LogP contribution in [0.1, 0.15) is 35.0 Å². The zero-order chi connectivity index (χ0) is 18.0. The molecule has 5 nitrogen and oxygen atoms in total. The summed E-state index contributed by atoms with van der Waals surface area (Å²) >= 11 is 1.26. The molecule has 1 aliphatic rings. The molecule has 2 heterocycles. The third-order valence-corrected chi connectivity index (χ3v) is 5.77. The topological polar surface area (TPSA) is 72.6 Å². The van der Waals surface area contributed by atoms with Gasteiger partial charge in [0.15, 0.2) is 0 Å². The van der Waals surface area contributed by atoms with Gasteiger partial charge in [-0.15, -0.1) is 11.3 Å². The number of primary amides is 1. The van der Waals surface area contributed by atoms with Crippen LogP contribution in [0.5, 0.6) is 0 Å². The number of rotatable bonds is 5. The van der Waals surface area contributed by atoms with Crippen molar-refractivity contribution in [2.75, 3.05) is 19.7 Å². The fourth-order valence-corrected chi connectivity index (χ4v) is 4.40. The van der Waals surface area contributed by atoms with Gasteiger partial charge in [0.25, 0.3) is 0 Å². The molecular formula is C18H21FN2O3S. The molecule has 0 spiro atoms. The fraction of sp³-hybridized carbons (Fsp3) is 0.444. The molecule has 2 N–H and O–H groups in total. The number of ether oxygens (including phenoxy) is 1. The Kier molecular flexibility index (Phi) is 5.34. The third-order valence-electron chi connectivity index (χ3n) is 4.60. The molecule has 0 aliphatic carbocycles. The largest absolute Gasteiger partial charge is 0.462 e. The highest BCUT2D eigenvalue weighted by atomic mass is 32.1. The molecule has 1 aromatic heterocycles. The van der Waals surface area contributed by atoms with Gasteiger partial charge in [-0.3, -0.25) is 9.69 Å². The Morgan fingerprint density at radius 2 is 2.08 bits per heavy atom. The summed E-state index contributed by atoms with van der Waals surface area (Å²) in [7, 11) is 0. The van der Waals surface area contributed by atoms with Crippen molar-refractivity contribution in [3.63, 3.8) is 0 Å². The first-order valence-electron chi connectivity index (χ1n) is 8.40. The van der Waals surface area contributed by atoms with Crippen molar-refractivity contribution < 1.29 is 18.7 Å². The molecule has 1 amide bonds. The summed E-state index contributed by atoms with van der Waals surface area (Å²) in [6.45, 7) is 3.88. The Bertz CT molecular complexity index is 797. The van der Waals surface area contributed by atoms with E-state index < -0.39 is 5.97 Å². The van der Waals surface area contributed by atoms with Gasteiger partial charge in [0.2, 0.25) is 5.91 Å². The molecule has 2 aromatic rings. The molecule has 0 bridgehead atoms. The zero-order valence-corrected chi connectivity index (χ0v) is 14.9. The van der Waals surface area contributed by atoms with Crippen LogP contribution in [0.25, 0.3) is 10.1 Å². The van der Waals surface area contributed by atoms with Gasteiger partial charge in [-0.25, -0.2) is 9.18 Å². The van der Waals surface area contributed by atoms with Gasteiger partial charge in [-0.2, -0.15) is 0 Å². The number of carbonyl (C=O) groups is 2. The fourth-order valence-electron chi connectivity index (χ4n) is 3.28. The van der Waals surface area contributed by atoms with Crippen LogP contribution in [-0.4, -0.2) is 36.5 Å². The summed E-state index contributed by atoms with van der Waals surface area (Å²) in [4.78, 5) is 26.2. The highest BCUT2D eigenvalue weighted by Crippen LogP contribution is 2.35. The quantitative estimate of drug-likeness (QED) is 0.828. The molecule has 25 heavy (non-hydrogen) atoms. The van der Waals surface area contributed by atoms with Crippen molar-refractivity contribution in [3.05, 3.63) is 34.5 Å². The maximum atomic E-state index is 14.4. The molecule has 1 aromatic carbocycles. The van der Waals surface area contributed by atoms with Crippen LogP contribution in [0.3, 0.4) is 0 Å². The molecule has 0 radical (unpaired) electrons. The predicted octanol–water partition coefficient (Wildman–Crippen LogP) is 2.91. The van der Waals surface area contributed by atoms with Crippen LogP contribution >= 0.6 is 11.3 Å². The van der Waals surface area contributed by atoms with E-state index in [4.69, 9.17) is 10.5 Å². The number of esters is 1. The number of piperidine rings is 1.